The zero-order valence-corrected chi connectivity index (χ0v) is 16.8. The summed E-state index contributed by atoms with van der Waals surface area (Å²) in [5.41, 5.74) is 0.480. The molecule has 1 aliphatic carbocycles. The number of aryl methyl sites for hydroxylation is 2. The van der Waals surface area contributed by atoms with Crippen LogP contribution in [0.25, 0.3) is 11.1 Å². The van der Waals surface area contributed by atoms with Crippen LogP contribution in [0.5, 0.6) is 5.88 Å². The summed E-state index contributed by atoms with van der Waals surface area (Å²) in [5.74, 6) is 1.69. The fourth-order valence-corrected chi connectivity index (χ4v) is 3.36. The van der Waals surface area contributed by atoms with Crippen molar-refractivity contribution in [1.29, 1.82) is 0 Å². The van der Waals surface area contributed by atoms with Crippen molar-refractivity contribution in [3.63, 3.8) is 0 Å². The number of hydrogen-bond acceptors (Lipinski definition) is 6. The average molecular weight is 398 g/mol. The summed E-state index contributed by atoms with van der Waals surface area (Å²) >= 11 is 0. The number of aromatic nitrogens is 4. The number of pyridine rings is 2. The van der Waals surface area contributed by atoms with Gasteiger partial charge in [0, 0.05) is 47.8 Å². The van der Waals surface area contributed by atoms with Crippen LogP contribution in [0.15, 0.2) is 47.7 Å². The minimum absolute atomic E-state index is 0.357. The highest BCUT2D eigenvalue weighted by molar-refractivity contribution is 6.36. The molecule has 30 heavy (non-hydrogen) atoms. The molecule has 3 aromatic rings. The quantitative estimate of drug-likeness (QED) is 0.632. The van der Waals surface area contributed by atoms with Crippen LogP contribution >= 0.6 is 0 Å². The first-order valence-corrected chi connectivity index (χ1v) is 9.65. The molecule has 3 aromatic heterocycles. The highest BCUT2D eigenvalue weighted by Crippen LogP contribution is 2.47. The van der Waals surface area contributed by atoms with E-state index in [4.69, 9.17) is 20.4 Å². The molecule has 2 atom stereocenters. The van der Waals surface area contributed by atoms with Crippen LogP contribution in [0, 0.1) is 19.8 Å². The fourth-order valence-electron chi connectivity index (χ4n) is 3.36. The van der Waals surface area contributed by atoms with Crippen LogP contribution in [-0.2, 0) is 5.52 Å². The standard InChI is InChI=1S/C21H20B2N4O3/c1-12-3-5-18(25-8-12)16-7-15(16)11-30-20-17(9-24-13(2)26-20)14-4-6-19(28)27(10-14)21(22,23)29/h3-6,8-10,15-16,29H,7,11H2,1-2H3. The minimum Gasteiger partial charge on any atom is -0.477 e. The van der Waals surface area contributed by atoms with Crippen molar-refractivity contribution in [2.75, 3.05) is 6.61 Å². The number of nitrogens with zero attached hydrogens (tertiary/aromatic N) is 4. The molecule has 4 rings (SSSR count). The Labute approximate surface area is 177 Å². The Morgan fingerprint density at radius 1 is 1.20 bits per heavy atom. The zero-order valence-electron chi connectivity index (χ0n) is 16.8. The highest BCUT2D eigenvalue weighted by atomic mass is 16.5. The lowest BCUT2D eigenvalue weighted by Crippen LogP contribution is -2.41. The average Bonchev–Trinajstić information content (AvgIpc) is 3.46. The zero-order chi connectivity index (χ0) is 21.5. The Balaban J connectivity index is 1.55. The van der Waals surface area contributed by atoms with Crippen molar-refractivity contribution < 1.29 is 9.84 Å². The van der Waals surface area contributed by atoms with Crippen LogP contribution in [-0.4, -0.2) is 46.9 Å². The maximum Gasteiger partial charge on any atom is 0.251 e. The third kappa shape index (κ3) is 4.31. The second-order valence-corrected chi connectivity index (χ2v) is 7.72. The van der Waals surface area contributed by atoms with E-state index in [-0.39, 0.29) is 0 Å². The molecule has 1 N–H and O–H groups in total. The molecule has 7 nitrogen and oxygen atoms in total. The normalized spacial score (nSPS) is 18.2. The van der Waals surface area contributed by atoms with E-state index in [2.05, 4.69) is 27.1 Å². The fraction of sp³-hybridized carbons (Fsp3) is 0.333. The third-order valence-corrected chi connectivity index (χ3v) is 5.15. The van der Waals surface area contributed by atoms with Crippen molar-refractivity contribution >= 4 is 15.7 Å². The summed E-state index contributed by atoms with van der Waals surface area (Å²) in [7, 11) is 11.0. The first-order valence-electron chi connectivity index (χ1n) is 9.65. The van der Waals surface area contributed by atoms with Crippen LogP contribution < -0.4 is 10.3 Å². The summed E-state index contributed by atoms with van der Waals surface area (Å²) < 4.78 is 6.88. The molecule has 0 aliphatic heterocycles. The van der Waals surface area contributed by atoms with Gasteiger partial charge in [-0.2, -0.15) is 4.98 Å². The number of aliphatic hydroxyl groups is 1. The minimum atomic E-state index is -2.32. The van der Waals surface area contributed by atoms with E-state index in [1.165, 1.54) is 12.3 Å². The van der Waals surface area contributed by atoms with Crippen molar-refractivity contribution in [2.24, 2.45) is 5.92 Å². The van der Waals surface area contributed by atoms with Gasteiger partial charge in [-0.25, -0.2) is 4.98 Å². The molecular weight excluding hydrogens is 378 g/mol. The van der Waals surface area contributed by atoms with Gasteiger partial charge in [0.25, 0.3) is 5.56 Å². The lowest BCUT2D eigenvalue weighted by molar-refractivity contribution is 0.137. The topological polar surface area (TPSA) is 90.1 Å². The highest BCUT2D eigenvalue weighted by Gasteiger charge is 2.40. The Morgan fingerprint density at radius 3 is 2.70 bits per heavy atom. The molecule has 3 heterocycles. The SMILES string of the molecule is [B]C([B])(O)n1cc(-c2cnc(C)nc2OCC2CC2c2ccc(C)cn2)ccc1=O. The van der Waals surface area contributed by atoms with Crippen molar-refractivity contribution in [1.82, 2.24) is 19.5 Å². The predicted octanol–water partition coefficient (Wildman–Crippen LogP) is 1.40. The maximum atomic E-state index is 12.0. The number of hydrogen-bond donors (Lipinski definition) is 1. The molecule has 4 radical (unpaired) electrons. The van der Waals surface area contributed by atoms with Gasteiger partial charge < -0.3 is 14.4 Å². The van der Waals surface area contributed by atoms with E-state index >= 15 is 0 Å². The van der Waals surface area contributed by atoms with Crippen LogP contribution in [0.4, 0.5) is 0 Å². The van der Waals surface area contributed by atoms with Crippen molar-refractivity contribution in [2.45, 2.75) is 31.7 Å². The van der Waals surface area contributed by atoms with Gasteiger partial charge >= 0.3 is 0 Å². The molecule has 148 valence electrons. The Morgan fingerprint density at radius 2 is 2.00 bits per heavy atom. The van der Waals surface area contributed by atoms with Gasteiger partial charge in [0.15, 0.2) is 0 Å². The van der Waals surface area contributed by atoms with Gasteiger partial charge in [-0.3, -0.25) is 9.78 Å². The molecule has 9 heteroatoms. The van der Waals surface area contributed by atoms with Crippen molar-refractivity contribution in [3.8, 4) is 17.0 Å². The molecule has 0 aromatic carbocycles. The van der Waals surface area contributed by atoms with E-state index in [9.17, 15) is 9.90 Å². The second kappa shape index (κ2) is 7.72. The molecular formula is C21H20B2N4O3. The molecule has 0 spiro atoms. The molecule has 0 saturated heterocycles. The Hall–Kier alpha value is -2.93. The van der Waals surface area contributed by atoms with E-state index < -0.39 is 11.1 Å². The Kier molecular flexibility index (Phi) is 5.24. The van der Waals surface area contributed by atoms with Gasteiger partial charge in [0.05, 0.1) is 17.7 Å². The molecule has 1 aliphatic rings. The van der Waals surface area contributed by atoms with Gasteiger partial charge in [-0.05, 0) is 38.0 Å². The lowest BCUT2D eigenvalue weighted by atomic mass is 9.73. The smallest absolute Gasteiger partial charge is 0.251 e. The summed E-state index contributed by atoms with van der Waals surface area (Å²) in [6.07, 6.45) is 5.86. The second-order valence-electron chi connectivity index (χ2n) is 7.72. The summed E-state index contributed by atoms with van der Waals surface area (Å²) in [6, 6.07) is 6.98. The van der Waals surface area contributed by atoms with Gasteiger partial charge in [-0.1, -0.05) is 6.07 Å². The molecule has 1 fully saturated rings. The first kappa shape index (κ1) is 20.3. The Bertz CT molecular complexity index is 1130. The monoisotopic (exact) mass is 398 g/mol. The largest absolute Gasteiger partial charge is 0.477 e. The summed E-state index contributed by atoms with van der Waals surface area (Å²) in [6.45, 7) is 4.27. The molecule has 0 bridgehead atoms. The summed E-state index contributed by atoms with van der Waals surface area (Å²) in [4.78, 5) is 25.1. The molecule has 0 amide bonds. The van der Waals surface area contributed by atoms with Crippen LogP contribution in [0.3, 0.4) is 0 Å². The number of rotatable bonds is 6. The van der Waals surface area contributed by atoms with E-state index in [0.29, 0.717) is 41.3 Å². The van der Waals surface area contributed by atoms with E-state index in [0.717, 1.165) is 22.2 Å². The van der Waals surface area contributed by atoms with E-state index in [1.807, 2.05) is 13.1 Å². The van der Waals surface area contributed by atoms with E-state index in [1.54, 1.807) is 19.2 Å². The van der Waals surface area contributed by atoms with Gasteiger partial charge in [0.2, 0.25) is 5.88 Å². The molecule has 1 saturated carbocycles. The van der Waals surface area contributed by atoms with Crippen LogP contribution in [0.2, 0.25) is 0 Å². The maximum absolute atomic E-state index is 12.0. The third-order valence-electron chi connectivity index (χ3n) is 5.15. The lowest BCUT2D eigenvalue weighted by Gasteiger charge is -2.23. The summed E-state index contributed by atoms with van der Waals surface area (Å²) in [5, 5.41) is 9.84. The molecule has 2 unspecified atom stereocenters. The van der Waals surface area contributed by atoms with Crippen molar-refractivity contribution in [3.05, 3.63) is 70.3 Å². The predicted molar refractivity (Wildman–Crippen MR) is 113 cm³/mol. The number of ether oxygens (including phenoxy) is 1. The first-order chi connectivity index (χ1) is 14.2. The van der Waals surface area contributed by atoms with Crippen LogP contribution in [0.1, 0.15) is 29.4 Å². The van der Waals surface area contributed by atoms with Gasteiger partial charge in [-0.15, -0.1) is 0 Å². The van der Waals surface area contributed by atoms with Gasteiger partial charge in [0.1, 0.15) is 21.5 Å².